The number of anilines is 1. The van der Waals surface area contributed by atoms with Crippen molar-refractivity contribution in [2.24, 2.45) is 5.10 Å². The van der Waals surface area contributed by atoms with Crippen LogP contribution in [0, 0.1) is 0 Å². The van der Waals surface area contributed by atoms with Crippen LogP contribution in [0.4, 0.5) is 11.4 Å². The van der Waals surface area contributed by atoms with E-state index in [4.69, 9.17) is 34.8 Å². The molecular weight excluding hydrogens is 461 g/mol. The summed E-state index contributed by atoms with van der Waals surface area (Å²) in [5.74, 6) is -0.718. The van der Waals surface area contributed by atoms with Gasteiger partial charge in [0.2, 0.25) is 0 Å². The summed E-state index contributed by atoms with van der Waals surface area (Å²) in [6.07, 6.45) is 1.75. The normalized spacial score (nSPS) is 15.1. The number of aromatic carboxylic acids is 1. The van der Waals surface area contributed by atoms with Crippen molar-refractivity contribution in [3.05, 3.63) is 64.2 Å². The van der Waals surface area contributed by atoms with Crippen molar-refractivity contribution >= 4 is 69.8 Å². The molecule has 1 aliphatic rings. The molecule has 0 aliphatic carbocycles. The molecule has 1 amide bonds. The van der Waals surface area contributed by atoms with Gasteiger partial charge in [-0.15, -0.1) is 23.2 Å². The molecule has 3 rings (SSSR count). The first kappa shape index (κ1) is 23.3. The van der Waals surface area contributed by atoms with E-state index in [0.717, 1.165) is 29.3 Å². The summed E-state index contributed by atoms with van der Waals surface area (Å²) in [5, 5.41) is 16.7. The van der Waals surface area contributed by atoms with E-state index < -0.39 is 5.97 Å². The maximum absolute atomic E-state index is 12.9. The third-order valence-corrected chi connectivity index (χ3v) is 5.61. The summed E-state index contributed by atoms with van der Waals surface area (Å²) in [7, 11) is 0. The lowest BCUT2D eigenvalue weighted by Crippen LogP contribution is -3.08. The van der Waals surface area contributed by atoms with E-state index in [1.807, 2.05) is 24.3 Å². The Hall–Kier alpha value is -2.38. The van der Waals surface area contributed by atoms with Crippen molar-refractivity contribution in [1.82, 2.24) is 0 Å². The summed E-state index contributed by atoms with van der Waals surface area (Å²) in [6.45, 7) is 3.26. The van der Waals surface area contributed by atoms with Crippen molar-refractivity contribution in [3.63, 3.8) is 0 Å². The number of carboxylic acids is 1. The number of alkyl halides is 2. The summed E-state index contributed by atoms with van der Waals surface area (Å²) in [5.41, 5.74) is 2.95. The van der Waals surface area contributed by atoms with Gasteiger partial charge < -0.3 is 14.8 Å². The Morgan fingerprint density at radius 3 is 2.35 bits per heavy atom. The van der Waals surface area contributed by atoms with Gasteiger partial charge in [-0.05, 0) is 61.0 Å². The smallest absolute Gasteiger partial charge is 0.280 e. The highest BCUT2D eigenvalue weighted by Crippen LogP contribution is 2.28. The van der Waals surface area contributed by atoms with Crippen LogP contribution in [-0.2, 0) is 4.79 Å². The van der Waals surface area contributed by atoms with Crippen LogP contribution < -0.4 is 15.0 Å². The van der Waals surface area contributed by atoms with E-state index in [9.17, 15) is 14.7 Å². The van der Waals surface area contributed by atoms with Crippen molar-refractivity contribution in [2.45, 2.75) is 6.92 Å². The van der Waals surface area contributed by atoms with Gasteiger partial charge in [-0.1, -0.05) is 11.6 Å². The average Bonchev–Trinajstić information content (AvgIpc) is 3.02. The van der Waals surface area contributed by atoms with E-state index in [0.29, 0.717) is 28.7 Å². The van der Waals surface area contributed by atoms with Gasteiger partial charge in [-0.3, -0.25) is 4.79 Å². The van der Waals surface area contributed by atoms with Gasteiger partial charge in [0, 0.05) is 10.6 Å². The van der Waals surface area contributed by atoms with Gasteiger partial charge >= 0.3 is 0 Å². The second kappa shape index (κ2) is 10.3. The number of benzene rings is 2. The first-order chi connectivity index (χ1) is 14.8. The molecule has 0 unspecified atom stereocenters. The molecule has 31 heavy (non-hydrogen) atoms. The molecule has 0 aromatic heterocycles. The Morgan fingerprint density at radius 1 is 1.13 bits per heavy atom. The number of carbonyl (C=O) groups excluding carboxylic acids is 2. The Kier molecular flexibility index (Phi) is 7.73. The molecular formula is C22H20Cl3N3O3. The van der Waals surface area contributed by atoms with Gasteiger partial charge in [0.15, 0.2) is 0 Å². The summed E-state index contributed by atoms with van der Waals surface area (Å²) >= 11 is 17.7. The summed E-state index contributed by atoms with van der Waals surface area (Å²) in [6, 6.07) is 12.0. The van der Waals surface area contributed by atoms with E-state index in [-0.39, 0.29) is 16.5 Å². The number of hydrogen-bond acceptors (Lipinski definition) is 4. The second-order valence-corrected chi connectivity index (χ2v) is 8.08. The molecule has 1 N–H and O–H groups in total. The van der Waals surface area contributed by atoms with Crippen molar-refractivity contribution < 1.29 is 19.6 Å². The highest BCUT2D eigenvalue weighted by Gasteiger charge is 2.29. The average molecular weight is 481 g/mol. The predicted molar refractivity (Wildman–Crippen MR) is 123 cm³/mol. The molecule has 2 aromatic rings. The van der Waals surface area contributed by atoms with Gasteiger partial charge in [-0.25, -0.2) is 0 Å². The molecule has 0 saturated heterocycles. The maximum Gasteiger partial charge on any atom is 0.280 e. The molecule has 0 bridgehead atoms. The van der Waals surface area contributed by atoms with Crippen LogP contribution in [-0.4, -0.2) is 42.4 Å². The zero-order chi connectivity index (χ0) is 22.5. The lowest BCUT2D eigenvalue weighted by molar-refractivity contribution is -0.827. The third kappa shape index (κ3) is 5.28. The highest BCUT2D eigenvalue weighted by atomic mass is 35.5. The summed E-state index contributed by atoms with van der Waals surface area (Å²) in [4.78, 5) is 25.4. The number of halogens is 3. The molecule has 0 fully saturated rings. The molecule has 9 heteroatoms. The van der Waals surface area contributed by atoms with Crippen LogP contribution in [0.15, 0.2) is 53.1 Å². The van der Waals surface area contributed by atoms with E-state index in [1.54, 1.807) is 13.0 Å². The summed E-state index contributed by atoms with van der Waals surface area (Å²) < 4.78 is 0. The first-order valence-electron chi connectivity index (χ1n) is 9.55. The van der Waals surface area contributed by atoms with Crippen LogP contribution in [0.3, 0.4) is 0 Å². The van der Waals surface area contributed by atoms with Gasteiger partial charge in [-0.2, -0.15) is 10.1 Å². The Bertz CT molecular complexity index is 1050. The number of amides is 1. The minimum Gasteiger partial charge on any atom is -0.545 e. The van der Waals surface area contributed by atoms with Crippen molar-refractivity contribution in [1.29, 1.82) is 0 Å². The van der Waals surface area contributed by atoms with Gasteiger partial charge in [0.05, 0.1) is 47.8 Å². The molecule has 1 heterocycles. The quantitative estimate of drug-likeness (QED) is 0.466. The SMILES string of the molecule is CC1=NN(c2ccc(Cl)c(C(=O)[O-])c2)C(=O)C1=Cc1ccc([NH+](CCCl)CCCl)cc1. The molecule has 162 valence electrons. The molecule has 0 radical (unpaired) electrons. The number of nitrogens with one attached hydrogen (secondary N) is 1. The number of quaternary nitrogens is 1. The monoisotopic (exact) mass is 479 g/mol. The fourth-order valence-electron chi connectivity index (χ4n) is 3.28. The topological polar surface area (TPSA) is 77.2 Å². The molecule has 6 nitrogen and oxygen atoms in total. The predicted octanol–water partition coefficient (Wildman–Crippen LogP) is 2.50. The van der Waals surface area contributed by atoms with Crippen LogP contribution in [0.5, 0.6) is 0 Å². The molecule has 0 spiro atoms. The number of hydrazone groups is 1. The molecule has 1 aliphatic heterocycles. The highest BCUT2D eigenvalue weighted by molar-refractivity contribution is 6.34. The number of carboxylic acid groups (broad SMARTS) is 1. The van der Waals surface area contributed by atoms with Crippen LogP contribution >= 0.6 is 34.8 Å². The van der Waals surface area contributed by atoms with Crippen LogP contribution in [0.25, 0.3) is 6.08 Å². The van der Waals surface area contributed by atoms with E-state index >= 15 is 0 Å². The lowest BCUT2D eigenvalue weighted by atomic mass is 10.1. The largest absolute Gasteiger partial charge is 0.545 e. The fourth-order valence-corrected chi connectivity index (χ4v) is 3.94. The van der Waals surface area contributed by atoms with E-state index in [1.165, 1.54) is 23.1 Å². The number of hydrogen-bond donors (Lipinski definition) is 1. The molecule has 0 atom stereocenters. The number of carbonyl (C=O) groups is 2. The van der Waals surface area contributed by atoms with E-state index in [2.05, 4.69) is 5.10 Å². The standard InChI is InChI=1S/C22H20Cl3N3O3/c1-14-18(12-15-2-4-16(5-3-15)27(10-8-23)11-9-24)21(29)28(26-14)17-6-7-20(25)19(13-17)22(30)31/h2-7,12-13H,8-11H2,1H3,(H,30,31). The Balaban J connectivity index is 1.85. The Labute approximate surface area is 195 Å². The minimum absolute atomic E-state index is 0.0338. The van der Waals surface area contributed by atoms with Crippen LogP contribution in [0.1, 0.15) is 22.8 Å². The molecule has 0 saturated carbocycles. The first-order valence-corrected chi connectivity index (χ1v) is 11.0. The minimum atomic E-state index is -1.42. The molecule has 2 aromatic carbocycles. The Morgan fingerprint density at radius 2 is 1.77 bits per heavy atom. The zero-order valence-electron chi connectivity index (χ0n) is 16.7. The number of rotatable bonds is 8. The van der Waals surface area contributed by atoms with Gasteiger partial charge in [0.1, 0.15) is 5.69 Å². The fraction of sp³-hybridized carbons (Fsp3) is 0.227. The van der Waals surface area contributed by atoms with Crippen molar-refractivity contribution in [2.75, 3.05) is 29.9 Å². The van der Waals surface area contributed by atoms with Crippen LogP contribution in [0.2, 0.25) is 5.02 Å². The van der Waals surface area contributed by atoms with Gasteiger partial charge in [0.25, 0.3) is 5.91 Å². The van der Waals surface area contributed by atoms with Crippen molar-refractivity contribution in [3.8, 4) is 0 Å². The maximum atomic E-state index is 12.9. The zero-order valence-corrected chi connectivity index (χ0v) is 19.0. The number of nitrogens with zero attached hydrogens (tertiary/aromatic N) is 2. The lowest BCUT2D eigenvalue weighted by Gasteiger charge is -2.16. The second-order valence-electron chi connectivity index (χ2n) is 6.92. The third-order valence-electron chi connectivity index (χ3n) is 4.90.